The molecule has 23 heavy (non-hydrogen) atoms. The molecule has 0 fully saturated rings. The summed E-state index contributed by atoms with van der Waals surface area (Å²) < 4.78 is 10.8. The first-order valence-electron chi connectivity index (χ1n) is 7.43. The van der Waals surface area contributed by atoms with Gasteiger partial charge in [0.1, 0.15) is 11.5 Å². The third kappa shape index (κ3) is 3.01. The molecular weight excluding hydrogens is 292 g/mol. The van der Waals surface area contributed by atoms with E-state index in [0.29, 0.717) is 17.1 Å². The molecule has 116 valence electrons. The molecule has 1 aliphatic heterocycles. The monoisotopic (exact) mass is 308 g/mol. The average Bonchev–Trinajstić information content (AvgIpc) is 2.85. The second-order valence-corrected chi connectivity index (χ2v) is 5.28. The lowest BCUT2D eigenvalue weighted by atomic mass is 10.1. The van der Waals surface area contributed by atoms with Crippen molar-refractivity contribution in [2.24, 2.45) is 0 Å². The van der Waals surface area contributed by atoms with Gasteiger partial charge in [0.05, 0.1) is 5.56 Å². The van der Waals surface area contributed by atoms with Crippen molar-refractivity contribution in [3.05, 3.63) is 64.9 Å². The number of ketones is 1. The van der Waals surface area contributed by atoms with E-state index in [1.807, 2.05) is 31.2 Å². The smallest absolute Gasteiger partial charge is 0.310 e. The standard InChI is InChI=1S/C19H16O4/c1-3-18(20)22-14-8-9-15-16(11-14)23-17(19(15)21)10-13-7-5-4-6-12(13)2/h4-11H,3H2,1-2H3. The van der Waals surface area contributed by atoms with E-state index in [1.54, 1.807) is 31.2 Å². The largest absolute Gasteiger partial charge is 0.452 e. The van der Waals surface area contributed by atoms with Crippen LogP contribution >= 0.6 is 0 Å². The number of Topliss-reactive ketones (excluding diaryl/α,β-unsaturated/α-hetero) is 1. The van der Waals surface area contributed by atoms with Gasteiger partial charge in [0.2, 0.25) is 5.78 Å². The van der Waals surface area contributed by atoms with Crippen molar-refractivity contribution < 1.29 is 19.1 Å². The highest BCUT2D eigenvalue weighted by Crippen LogP contribution is 2.35. The number of ether oxygens (including phenoxy) is 2. The number of carbonyl (C=O) groups is 2. The van der Waals surface area contributed by atoms with Crippen LogP contribution in [0.1, 0.15) is 34.8 Å². The Morgan fingerprint density at radius 2 is 2.00 bits per heavy atom. The average molecular weight is 308 g/mol. The summed E-state index contributed by atoms with van der Waals surface area (Å²) >= 11 is 0. The Kier molecular flexibility index (Phi) is 3.98. The molecule has 0 amide bonds. The molecule has 4 nitrogen and oxygen atoms in total. The van der Waals surface area contributed by atoms with E-state index in [9.17, 15) is 9.59 Å². The molecule has 0 aliphatic carbocycles. The number of rotatable bonds is 3. The molecule has 3 rings (SSSR count). The maximum atomic E-state index is 12.4. The molecule has 0 bridgehead atoms. The van der Waals surface area contributed by atoms with E-state index in [4.69, 9.17) is 9.47 Å². The zero-order chi connectivity index (χ0) is 16.4. The first kappa shape index (κ1) is 15.0. The lowest BCUT2D eigenvalue weighted by molar-refractivity contribution is -0.134. The number of aryl methyl sites for hydroxylation is 1. The van der Waals surface area contributed by atoms with E-state index in [0.717, 1.165) is 11.1 Å². The molecule has 1 heterocycles. The summed E-state index contributed by atoms with van der Waals surface area (Å²) in [5, 5.41) is 0. The number of hydrogen-bond donors (Lipinski definition) is 0. The molecule has 0 atom stereocenters. The molecule has 0 saturated heterocycles. The molecule has 2 aromatic rings. The van der Waals surface area contributed by atoms with Crippen LogP contribution in [0, 0.1) is 6.92 Å². The molecule has 0 radical (unpaired) electrons. The molecule has 2 aromatic carbocycles. The summed E-state index contributed by atoms with van der Waals surface area (Å²) in [7, 11) is 0. The fourth-order valence-corrected chi connectivity index (χ4v) is 2.32. The number of esters is 1. The van der Waals surface area contributed by atoms with Crippen molar-refractivity contribution >= 4 is 17.8 Å². The highest BCUT2D eigenvalue weighted by molar-refractivity contribution is 6.14. The van der Waals surface area contributed by atoms with Crippen LogP contribution in [0.2, 0.25) is 0 Å². The molecule has 4 heteroatoms. The van der Waals surface area contributed by atoms with Gasteiger partial charge in [-0.05, 0) is 36.3 Å². The third-order valence-electron chi connectivity index (χ3n) is 3.64. The van der Waals surface area contributed by atoms with Crippen molar-refractivity contribution in [3.63, 3.8) is 0 Å². The highest BCUT2D eigenvalue weighted by atomic mass is 16.5. The number of benzene rings is 2. The Bertz CT molecular complexity index is 818. The van der Waals surface area contributed by atoms with Gasteiger partial charge in [0, 0.05) is 12.5 Å². The highest BCUT2D eigenvalue weighted by Gasteiger charge is 2.28. The van der Waals surface area contributed by atoms with Gasteiger partial charge in [0.15, 0.2) is 5.76 Å². The summed E-state index contributed by atoms with van der Waals surface area (Å²) in [6.07, 6.45) is 2.02. The van der Waals surface area contributed by atoms with E-state index < -0.39 is 0 Å². The first-order chi connectivity index (χ1) is 11.1. The van der Waals surface area contributed by atoms with Crippen LogP contribution in [0.4, 0.5) is 0 Å². The van der Waals surface area contributed by atoms with Gasteiger partial charge < -0.3 is 9.47 Å². The van der Waals surface area contributed by atoms with Crippen molar-refractivity contribution in [2.45, 2.75) is 20.3 Å². The lowest BCUT2D eigenvalue weighted by Gasteiger charge is -2.04. The van der Waals surface area contributed by atoms with Gasteiger partial charge in [-0.2, -0.15) is 0 Å². The Hall–Kier alpha value is -2.88. The van der Waals surface area contributed by atoms with Crippen LogP contribution in [-0.4, -0.2) is 11.8 Å². The van der Waals surface area contributed by atoms with Crippen LogP contribution < -0.4 is 9.47 Å². The second kappa shape index (κ2) is 6.08. The van der Waals surface area contributed by atoms with E-state index >= 15 is 0 Å². The topological polar surface area (TPSA) is 52.6 Å². The van der Waals surface area contributed by atoms with Gasteiger partial charge in [-0.15, -0.1) is 0 Å². The van der Waals surface area contributed by atoms with Crippen LogP contribution in [0.25, 0.3) is 6.08 Å². The van der Waals surface area contributed by atoms with Crippen LogP contribution in [0.5, 0.6) is 11.5 Å². The Labute approximate surface area is 134 Å². The number of fused-ring (bicyclic) bond motifs is 1. The minimum Gasteiger partial charge on any atom is -0.452 e. The van der Waals surface area contributed by atoms with Gasteiger partial charge >= 0.3 is 5.97 Å². The third-order valence-corrected chi connectivity index (χ3v) is 3.64. The number of carbonyl (C=O) groups excluding carboxylic acids is 2. The van der Waals surface area contributed by atoms with E-state index in [1.165, 1.54) is 0 Å². The number of hydrogen-bond acceptors (Lipinski definition) is 4. The van der Waals surface area contributed by atoms with Crippen molar-refractivity contribution in [1.82, 2.24) is 0 Å². The Balaban J connectivity index is 1.90. The molecule has 0 N–H and O–H groups in total. The molecule has 0 spiro atoms. The fraction of sp³-hybridized carbons (Fsp3) is 0.158. The molecule has 0 saturated carbocycles. The van der Waals surface area contributed by atoms with Gasteiger partial charge in [-0.3, -0.25) is 9.59 Å². The molecular formula is C19H16O4. The maximum absolute atomic E-state index is 12.4. The SMILES string of the molecule is CCC(=O)Oc1ccc2c(c1)OC(=Cc1ccccc1C)C2=O. The normalized spacial score (nSPS) is 14.5. The minimum absolute atomic E-state index is 0.170. The van der Waals surface area contributed by atoms with Crippen LogP contribution in [-0.2, 0) is 4.79 Å². The summed E-state index contributed by atoms with van der Waals surface area (Å²) in [5.41, 5.74) is 2.47. The quantitative estimate of drug-likeness (QED) is 0.490. The minimum atomic E-state index is -0.329. The maximum Gasteiger partial charge on any atom is 0.310 e. The lowest BCUT2D eigenvalue weighted by Crippen LogP contribution is -2.05. The zero-order valence-corrected chi connectivity index (χ0v) is 13.0. The van der Waals surface area contributed by atoms with E-state index in [-0.39, 0.29) is 23.9 Å². The molecule has 1 aliphatic rings. The van der Waals surface area contributed by atoms with E-state index in [2.05, 4.69) is 0 Å². The summed E-state index contributed by atoms with van der Waals surface area (Å²) in [6, 6.07) is 12.5. The molecule has 0 aromatic heterocycles. The number of allylic oxidation sites excluding steroid dienone is 1. The first-order valence-corrected chi connectivity index (χ1v) is 7.43. The van der Waals surface area contributed by atoms with Gasteiger partial charge in [-0.25, -0.2) is 0 Å². The zero-order valence-electron chi connectivity index (χ0n) is 13.0. The summed E-state index contributed by atoms with van der Waals surface area (Å²) in [4.78, 5) is 23.7. The predicted octanol–water partition coefficient (Wildman–Crippen LogP) is 3.93. The second-order valence-electron chi connectivity index (χ2n) is 5.28. The Morgan fingerprint density at radius 3 is 2.74 bits per heavy atom. The predicted molar refractivity (Wildman–Crippen MR) is 86.5 cm³/mol. The van der Waals surface area contributed by atoms with Crippen molar-refractivity contribution in [3.8, 4) is 11.5 Å². The van der Waals surface area contributed by atoms with Gasteiger partial charge in [0.25, 0.3) is 0 Å². The Morgan fingerprint density at radius 1 is 1.22 bits per heavy atom. The summed E-state index contributed by atoms with van der Waals surface area (Å²) in [6.45, 7) is 3.69. The van der Waals surface area contributed by atoms with Crippen molar-refractivity contribution in [1.29, 1.82) is 0 Å². The molecule has 0 unspecified atom stereocenters. The van der Waals surface area contributed by atoms with Crippen LogP contribution in [0.15, 0.2) is 48.2 Å². The van der Waals surface area contributed by atoms with Crippen LogP contribution in [0.3, 0.4) is 0 Å². The van der Waals surface area contributed by atoms with Crippen molar-refractivity contribution in [2.75, 3.05) is 0 Å². The summed E-state index contributed by atoms with van der Waals surface area (Å²) in [5.74, 6) is 0.562. The van der Waals surface area contributed by atoms with Gasteiger partial charge in [-0.1, -0.05) is 31.2 Å². The fourth-order valence-electron chi connectivity index (χ4n) is 2.32.